The van der Waals surface area contributed by atoms with Crippen molar-refractivity contribution in [1.82, 2.24) is 10.6 Å². The minimum absolute atomic E-state index is 0.317. The topological polar surface area (TPSA) is 59.6 Å². The summed E-state index contributed by atoms with van der Waals surface area (Å²) in [5, 5.41) is 5.69. The summed E-state index contributed by atoms with van der Waals surface area (Å²) in [6, 6.07) is 0. The van der Waals surface area contributed by atoms with Crippen LogP contribution in [0.25, 0.3) is 0 Å². The van der Waals surface area contributed by atoms with Gasteiger partial charge in [-0.2, -0.15) is 0 Å². The molecular weight excluding hydrogens is 368 g/mol. The van der Waals surface area contributed by atoms with Crippen LogP contribution < -0.4 is 10.6 Å². The molecule has 5 nitrogen and oxygen atoms in total. The van der Waals surface area contributed by atoms with Crippen LogP contribution in [0.4, 0.5) is 4.79 Å². The molecule has 0 spiro atoms. The number of rotatable bonds is 12. The van der Waals surface area contributed by atoms with Gasteiger partial charge in [0, 0.05) is 24.8 Å². The minimum atomic E-state index is -0.407. The van der Waals surface area contributed by atoms with Crippen LogP contribution in [0.5, 0.6) is 0 Å². The Balaban J connectivity index is -0.00000123. The van der Waals surface area contributed by atoms with E-state index in [1.54, 1.807) is 21.6 Å². The molecule has 156 valence electrons. The van der Waals surface area contributed by atoms with Crippen LogP contribution in [-0.2, 0) is 9.47 Å². The number of alkyl carbamates (subject to hydrolysis) is 1. The fraction of sp³-hybridized carbons (Fsp3) is 0.842. The van der Waals surface area contributed by atoms with E-state index >= 15 is 0 Å². The van der Waals surface area contributed by atoms with Crippen LogP contribution in [-0.4, -0.2) is 51.1 Å². The summed E-state index contributed by atoms with van der Waals surface area (Å²) in [7, 11) is 5.47. The second-order valence-electron chi connectivity index (χ2n) is 4.74. The van der Waals surface area contributed by atoms with E-state index < -0.39 is 6.09 Å². The molecule has 26 heavy (non-hydrogen) atoms. The number of amides is 1. The maximum atomic E-state index is 11.3. The van der Waals surface area contributed by atoms with Gasteiger partial charge in [0.25, 0.3) is 0 Å². The predicted octanol–water partition coefficient (Wildman–Crippen LogP) is 4.78. The number of nitrogens with one attached hydrogen (secondary N) is 2. The van der Waals surface area contributed by atoms with E-state index in [1.807, 2.05) is 48.6 Å². The summed E-state index contributed by atoms with van der Waals surface area (Å²) >= 11 is 0. The average Bonchev–Trinajstić information content (AvgIpc) is 2.66. The Labute approximate surface area is 169 Å². The first-order valence-electron chi connectivity index (χ1n) is 9.52. The molecule has 0 aromatic carbocycles. The molecule has 7 heteroatoms. The molecule has 0 aliphatic heterocycles. The molecule has 0 radical (unpaired) electrons. The molecule has 0 aromatic heterocycles. The number of hydrogen-bond donors (Lipinski definition) is 2. The molecule has 1 amide bonds. The van der Waals surface area contributed by atoms with E-state index in [4.69, 9.17) is 9.47 Å². The largest absolute Gasteiger partial charge is 0.450 e. The van der Waals surface area contributed by atoms with E-state index in [1.165, 1.54) is 0 Å². The number of ether oxygens (including phenoxy) is 2. The Bertz CT molecular complexity index is 332. The highest BCUT2D eigenvalue weighted by molar-refractivity contribution is 8.76. The van der Waals surface area contributed by atoms with E-state index in [0.717, 1.165) is 25.1 Å². The second-order valence-corrected chi connectivity index (χ2v) is 7.27. The average molecular weight is 409 g/mol. The van der Waals surface area contributed by atoms with Crippen LogP contribution >= 0.6 is 21.6 Å². The first-order valence-corrected chi connectivity index (χ1v) is 12.0. The zero-order valence-corrected chi connectivity index (χ0v) is 19.4. The molecule has 0 bridgehead atoms. The molecule has 0 saturated heterocycles. The summed E-state index contributed by atoms with van der Waals surface area (Å²) in [6.45, 7) is 14.5. The lowest BCUT2D eigenvalue weighted by molar-refractivity contribution is 0.134. The first kappa shape index (κ1) is 30.2. The SMILES string of the molecule is CC.CC.CNCCSSCOCCCCOC(=O)NCC#CC(C)C. The van der Waals surface area contributed by atoms with Gasteiger partial charge in [-0.15, -0.1) is 0 Å². The van der Waals surface area contributed by atoms with Crippen LogP contribution in [0.1, 0.15) is 54.4 Å². The fourth-order valence-electron chi connectivity index (χ4n) is 1.22. The van der Waals surface area contributed by atoms with Gasteiger partial charge in [0.1, 0.15) is 5.94 Å². The number of hydrogen-bond acceptors (Lipinski definition) is 6. The van der Waals surface area contributed by atoms with Crippen LogP contribution in [0.2, 0.25) is 0 Å². The molecule has 0 rings (SSSR count). The van der Waals surface area contributed by atoms with Crippen LogP contribution in [0.3, 0.4) is 0 Å². The standard InChI is InChI=1S/C15H28N2O3S2.2C2H6/c1-14(2)7-6-8-17-15(18)20-11-5-4-10-19-13-22-21-12-9-16-3;2*1-2/h14,16H,4-5,8-13H2,1-3H3,(H,17,18);2*1-2H3. The third-order valence-corrected chi connectivity index (χ3v) is 4.37. The van der Waals surface area contributed by atoms with Gasteiger partial charge in [-0.25, -0.2) is 4.79 Å². The van der Waals surface area contributed by atoms with Crippen molar-refractivity contribution < 1.29 is 14.3 Å². The number of unbranched alkanes of at least 4 members (excludes halogenated alkanes) is 1. The molecule has 2 N–H and O–H groups in total. The molecule has 0 atom stereocenters. The number of carbonyl (C=O) groups excluding carboxylic acids is 1. The Morgan fingerprint density at radius 1 is 1.08 bits per heavy atom. The van der Waals surface area contributed by atoms with Crippen LogP contribution in [0.15, 0.2) is 0 Å². The minimum Gasteiger partial charge on any atom is -0.450 e. The molecule has 0 unspecified atom stereocenters. The van der Waals surface area contributed by atoms with E-state index in [-0.39, 0.29) is 0 Å². The highest BCUT2D eigenvalue weighted by Gasteiger charge is 1.99. The van der Waals surface area contributed by atoms with Gasteiger partial charge < -0.3 is 20.1 Å². The Morgan fingerprint density at radius 2 is 1.73 bits per heavy atom. The monoisotopic (exact) mass is 408 g/mol. The molecule has 0 aromatic rings. The van der Waals surface area contributed by atoms with Crippen molar-refractivity contribution in [2.24, 2.45) is 5.92 Å². The summed E-state index contributed by atoms with van der Waals surface area (Å²) in [5.41, 5.74) is 0. The van der Waals surface area contributed by atoms with Gasteiger partial charge >= 0.3 is 6.09 Å². The van der Waals surface area contributed by atoms with Crippen molar-refractivity contribution in [3.05, 3.63) is 0 Å². The zero-order valence-electron chi connectivity index (χ0n) is 17.8. The summed E-state index contributed by atoms with van der Waals surface area (Å²) in [5.74, 6) is 7.93. The van der Waals surface area contributed by atoms with Crippen molar-refractivity contribution >= 4 is 27.7 Å². The normalized spacial score (nSPS) is 9.08. The predicted molar refractivity (Wildman–Crippen MR) is 119 cm³/mol. The quantitative estimate of drug-likeness (QED) is 0.210. The first-order chi connectivity index (χ1) is 12.7. The van der Waals surface area contributed by atoms with Crippen molar-refractivity contribution in [3.8, 4) is 11.8 Å². The van der Waals surface area contributed by atoms with Gasteiger partial charge in [0.15, 0.2) is 0 Å². The third kappa shape index (κ3) is 31.2. The van der Waals surface area contributed by atoms with Gasteiger partial charge in [-0.05, 0) is 19.9 Å². The summed E-state index contributed by atoms with van der Waals surface area (Å²) in [4.78, 5) is 11.3. The Kier molecular flexibility index (Phi) is 33.9. The fourth-order valence-corrected chi connectivity index (χ4v) is 2.89. The van der Waals surface area contributed by atoms with Gasteiger partial charge in [0.05, 0.1) is 13.2 Å². The number of carbonyl (C=O) groups is 1. The maximum Gasteiger partial charge on any atom is 0.407 e. The highest BCUT2D eigenvalue weighted by Crippen LogP contribution is 2.20. The molecule has 0 aliphatic carbocycles. The van der Waals surface area contributed by atoms with Gasteiger partial charge in [0.2, 0.25) is 0 Å². The lowest BCUT2D eigenvalue weighted by atomic mass is 10.2. The van der Waals surface area contributed by atoms with Crippen molar-refractivity contribution in [2.45, 2.75) is 54.4 Å². The van der Waals surface area contributed by atoms with Gasteiger partial charge in [-0.1, -0.05) is 75.0 Å². The van der Waals surface area contributed by atoms with E-state index in [9.17, 15) is 4.79 Å². The van der Waals surface area contributed by atoms with E-state index in [2.05, 4.69) is 22.5 Å². The molecule has 0 fully saturated rings. The van der Waals surface area contributed by atoms with Crippen LogP contribution in [0, 0.1) is 17.8 Å². The lowest BCUT2D eigenvalue weighted by Crippen LogP contribution is -2.25. The molecule has 0 aliphatic rings. The van der Waals surface area contributed by atoms with Crippen molar-refractivity contribution in [3.63, 3.8) is 0 Å². The van der Waals surface area contributed by atoms with Crippen molar-refractivity contribution in [2.75, 3.05) is 45.0 Å². The summed E-state index contributed by atoms with van der Waals surface area (Å²) in [6.07, 6.45) is 1.29. The molecule has 0 heterocycles. The zero-order chi connectivity index (χ0) is 20.5. The second kappa shape index (κ2) is 29.2. The highest BCUT2D eigenvalue weighted by atomic mass is 33.1. The Hall–Kier alpha value is -0.550. The Morgan fingerprint density at radius 3 is 2.35 bits per heavy atom. The summed E-state index contributed by atoms with van der Waals surface area (Å²) < 4.78 is 10.5. The van der Waals surface area contributed by atoms with E-state index in [0.29, 0.717) is 31.6 Å². The smallest absolute Gasteiger partial charge is 0.407 e. The van der Waals surface area contributed by atoms with Gasteiger partial charge in [-0.3, -0.25) is 0 Å². The molecular formula is C19H40N2O3S2. The third-order valence-electron chi connectivity index (χ3n) is 2.28. The lowest BCUT2D eigenvalue weighted by Gasteiger charge is -2.06. The van der Waals surface area contributed by atoms with Crippen molar-refractivity contribution in [1.29, 1.82) is 0 Å². The molecule has 0 saturated carbocycles. The maximum absolute atomic E-state index is 11.3.